The van der Waals surface area contributed by atoms with Crippen molar-refractivity contribution < 1.29 is 31.2 Å². The first-order valence-electron chi connectivity index (χ1n) is 9.78. The molecule has 1 saturated heterocycles. The van der Waals surface area contributed by atoms with Crippen LogP contribution in [0.3, 0.4) is 0 Å². The third-order valence-electron chi connectivity index (χ3n) is 5.31. The summed E-state index contributed by atoms with van der Waals surface area (Å²) in [6.45, 7) is 2.96. The lowest BCUT2D eigenvalue weighted by atomic mass is 10.1. The molecule has 0 saturated carbocycles. The van der Waals surface area contributed by atoms with Crippen LogP contribution in [0.1, 0.15) is 33.2 Å². The highest BCUT2D eigenvalue weighted by atomic mass is 32.2. The number of esters is 1. The van der Waals surface area contributed by atoms with E-state index in [1.54, 1.807) is 6.92 Å². The fraction of sp³-hybridized carbons (Fsp3) is 0.333. The van der Waals surface area contributed by atoms with Crippen LogP contribution in [-0.2, 0) is 24.8 Å². The SMILES string of the molecule is COC(=O)c1ccc(S(=O)(=O)N2CCN(S(=O)(=O)c3ccc(C(C)=O)cc3)CC2)c(C)c1. The highest BCUT2D eigenvalue weighted by Crippen LogP contribution is 2.25. The number of piperazine rings is 1. The normalized spacial score (nSPS) is 16.0. The van der Waals surface area contributed by atoms with Crippen LogP contribution in [0.4, 0.5) is 0 Å². The predicted molar refractivity (Wildman–Crippen MR) is 116 cm³/mol. The molecule has 1 aliphatic heterocycles. The maximum atomic E-state index is 13.1. The lowest BCUT2D eigenvalue weighted by molar-refractivity contribution is 0.0600. The lowest BCUT2D eigenvalue weighted by Crippen LogP contribution is -2.50. The molecule has 1 aliphatic rings. The van der Waals surface area contributed by atoms with Crippen LogP contribution in [0.5, 0.6) is 0 Å². The molecule has 1 heterocycles. The van der Waals surface area contributed by atoms with Gasteiger partial charge in [-0.1, -0.05) is 12.1 Å². The van der Waals surface area contributed by atoms with Crippen molar-refractivity contribution in [1.29, 1.82) is 0 Å². The molecule has 0 spiro atoms. The minimum absolute atomic E-state index is 0.00465. The molecule has 32 heavy (non-hydrogen) atoms. The van der Waals surface area contributed by atoms with Crippen molar-refractivity contribution >= 4 is 31.8 Å². The van der Waals surface area contributed by atoms with Crippen molar-refractivity contribution in [2.24, 2.45) is 0 Å². The third-order valence-corrected chi connectivity index (χ3v) is 9.28. The van der Waals surface area contributed by atoms with Gasteiger partial charge in [-0.3, -0.25) is 4.79 Å². The van der Waals surface area contributed by atoms with Gasteiger partial charge in [-0.2, -0.15) is 8.61 Å². The Morgan fingerprint density at radius 3 is 1.78 bits per heavy atom. The zero-order valence-electron chi connectivity index (χ0n) is 17.9. The minimum atomic E-state index is -3.87. The van der Waals surface area contributed by atoms with E-state index in [4.69, 9.17) is 0 Å². The number of Topliss-reactive ketones (excluding diaryl/α,β-unsaturated/α-hetero) is 1. The van der Waals surface area contributed by atoms with E-state index in [1.165, 1.54) is 65.1 Å². The average Bonchev–Trinajstić information content (AvgIpc) is 2.78. The minimum Gasteiger partial charge on any atom is -0.465 e. The molecule has 0 bridgehead atoms. The molecule has 0 amide bonds. The summed E-state index contributed by atoms with van der Waals surface area (Å²) in [4.78, 5) is 23.2. The standard InChI is InChI=1S/C21H24N2O7S2/c1-15-14-18(21(25)30-3)6-9-20(15)32(28,29)23-12-10-22(11-13-23)31(26,27)19-7-4-17(5-8-19)16(2)24/h4-9,14H,10-13H2,1-3H3. The Labute approximate surface area is 187 Å². The number of hydrogen-bond donors (Lipinski definition) is 0. The molecule has 3 rings (SSSR count). The van der Waals surface area contributed by atoms with E-state index in [2.05, 4.69) is 4.74 Å². The van der Waals surface area contributed by atoms with Gasteiger partial charge in [0.1, 0.15) is 0 Å². The Kier molecular flexibility index (Phi) is 6.84. The van der Waals surface area contributed by atoms with Crippen LogP contribution in [-0.4, -0.2) is 70.5 Å². The lowest BCUT2D eigenvalue weighted by Gasteiger charge is -2.33. The highest BCUT2D eigenvalue weighted by molar-refractivity contribution is 7.89. The van der Waals surface area contributed by atoms with E-state index in [-0.39, 0.29) is 47.3 Å². The fourth-order valence-electron chi connectivity index (χ4n) is 3.48. The Balaban J connectivity index is 1.76. The Hall–Kier alpha value is -2.60. The van der Waals surface area contributed by atoms with Gasteiger partial charge in [-0.15, -0.1) is 0 Å². The largest absolute Gasteiger partial charge is 0.465 e. The van der Waals surface area contributed by atoms with Gasteiger partial charge in [0, 0.05) is 31.7 Å². The second-order valence-electron chi connectivity index (χ2n) is 7.36. The molecule has 2 aromatic rings. The van der Waals surface area contributed by atoms with Crippen molar-refractivity contribution in [3.8, 4) is 0 Å². The number of aryl methyl sites for hydroxylation is 1. The molecule has 0 aliphatic carbocycles. The van der Waals surface area contributed by atoms with Crippen LogP contribution in [0, 0.1) is 6.92 Å². The smallest absolute Gasteiger partial charge is 0.337 e. The van der Waals surface area contributed by atoms with Gasteiger partial charge in [0.05, 0.1) is 22.5 Å². The summed E-state index contributed by atoms with van der Waals surface area (Å²) in [7, 11) is -6.44. The molecular weight excluding hydrogens is 456 g/mol. The third kappa shape index (κ3) is 4.60. The van der Waals surface area contributed by atoms with Gasteiger partial charge in [0.2, 0.25) is 20.0 Å². The van der Waals surface area contributed by atoms with Gasteiger partial charge >= 0.3 is 5.97 Å². The van der Waals surface area contributed by atoms with Crippen LogP contribution in [0.2, 0.25) is 0 Å². The van der Waals surface area contributed by atoms with Crippen molar-refractivity contribution in [3.05, 3.63) is 59.2 Å². The fourth-order valence-corrected chi connectivity index (χ4v) is 6.53. The van der Waals surface area contributed by atoms with Crippen molar-refractivity contribution in [2.75, 3.05) is 33.3 Å². The number of nitrogens with zero attached hydrogens (tertiary/aromatic N) is 2. The first-order valence-corrected chi connectivity index (χ1v) is 12.7. The Morgan fingerprint density at radius 2 is 1.31 bits per heavy atom. The van der Waals surface area contributed by atoms with E-state index in [9.17, 15) is 26.4 Å². The molecule has 11 heteroatoms. The number of carbonyl (C=O) groups excluding carboxylic acids is 2. The number of sulfonamides is 2. The molecule has 0 aromatic heterocycles. The second-order valence-corrected chi connectivity index (χ2v) is 11.2. The molecule has 0 N–H and O–H groups in total. The monoisotopic (exact) mass is 480 g/mol. The summed E-state index contributed by atoms with van der Waals surface area (Å²) in [6, 6.07) is 9.86. The highest BCUT2D eigenvalue weighted by Gasteiger charge is 2.34. The molecule has 0 atom stereocenters. The Morgan fingerprint density at radius 1 is 0.812 bits per heavy atom. The first kappa shape index (κ1) is 24.1. The molecule has 1 fully saturated rings. The topological polar surface area (TPSA) is 118 Å². The number of ketones is 1. The number of benzene rings is 2. The quantitative estimate of drug-likeness (QED) is 0.456. The second kappa shape index (κ2) is 9.10. The number of rotatable bonds is 6. The van der Waals surface area contributed by atoms with E-state index < -0.39 is 26.0 Å². The van der Waals surface area contributed by atoms with Gasteiger partial charge in [0.15, 0.2) is 5.78 Å². The summed E-state index contributed by atoms with van der Waals surface area (Å²) < 4.78 is 59.1. The predicted octanol–water partition coefficient (Wildman–Crippen LogP) is 1.68. The molecule has 0 radical (unpaired) electrons. The summed E-state index contributed by atoms with van der Waals surface area (Å²) in [5, 5.41) is 0. The molecule has 9 nitrogen and oxygen atoms in total. The van der Waals surface area contributed by atoms with Gasteiger partial charge < -0.3 is 4.74 Å². The van der Waals surface area contributed by atoms with Crippen molar-refractivity contribution in [1.82, 2.24) is 8.61 Å². The zero-order valence-corrected chi connectivity index (χ0v) is 19.6. The molecule has 172 valence electrons. The number of hydrogen-bond acceptors (Lipinski definition) is 7. The van der Waals surface area contributed by atoms with Gasteiger partial charge in [-0.25, -0.2) is 21.6 Å². The Bertz CT molecular complexity index is 1250. The van der Waals surface area contributed by atoms with Crippen molar-refractivity contribution in [3.63, 3.8) is 0 Å². The van der Waals surface area contributed by atoms with E-state index >= 15 is 0 Å². The van der Waals surface area contributed by atoms with Gasteiger partial charge in [-0.05, 0) is 49.7 Å². The van der Waals surface area contributed by atoms with Crippen LogP contribution in [0.15, 0.2) is 52.3 Å². The van der Waals surface area contributed by atoms with Crippen LogP contribution < -0.4 is 0 Å². The summed E-state index contributed by atoms with van der Waals surface area (Å²) >= 11 is 0. The number of carbonyl (C=O) groups is 2. The summed E-state index contributed by atoms with van der Waals surface area (Å²) in [5.74, 6) is -0.727. The number of methoxy groups -OCH3 is 1. The molecule has 2 aromatic carbocycles. The first-order chi connectivity index (χ1) is 15.0. The van der Waals surface area contributed by atoms with Crippen molar-refractivity contribution in [2.45, 2.75) is 23.6 Å². The molecular formula is C21H24N2O7S2. The molecule has 0 unspecified atom stereocenters. The van der Waals surface area contributed by atoms with Crippen LogP contribution in [0.25, 0.3) is 0 Å². The summed E-state index contributed by atoms with van der Waals surface area (Å²) in [5.41, 5.74) is 1.05. The maximum absolute atomic E-state index is 13.1. The van der Waals surface area contributed by atoms with Gasteiger partial charge in [0.25, 0.3) is 0 Å². The zero-order chi connectivity index (χ0) is 23.7. The average molecular weight is 481 g/mol. The van der Waals surface area contributed by atoms with Crippen LogP contribution >= 0.6 is 0 Å². The summed E-state index contributed by atoms with van der Waals surface area (Å²) in [6.07, 6.45) is 0. The maximum Gasteiger partial charge on any atom is 0.337 e. The number of ether oxygens (including phenoxy) is 1. The van der Waals surface area contributed by atoms with E-state index in [0.717, 1.165) is 0 Å². The van der Waals surface area contributed by atoms with E-state index in [1.807, 2.05) is 0 Å². The van der Waals surface area contributed by atoms with E-state index in [0.29, 0.717) is 11.1 Å².